The van der Waals surface area contributed by atoms with Crippen LogP contribution in [0, 0.1) is 20.8 Å². The van der Waals surface area contributed by atoms with Crippen LogP contribution in [0.2, 0.25) is 0 Å². The molecule has 0 radical (unpaired) electrons. The van der Waals surface area contributed by atoms with Crippen molar-refractivity contribution in [1.29, 1.82) is 0 Å². The molecule has 2 heterocycles. The molecule has 0 amide bonds. The van der Waals surface area contributed by atoms with Gasteiger partial charge in [0.2, 0.25) is 22.7 Å². The molecule has 3 aromatic rings. The smallest absolute Gasteiger partial charge is 0.234 e. The van der Waals surface area contributed by atoms with Crippen molar-refractivity contribution in [2.45, 2.75) is 0 Å². The molecule has 0 aliphatic carbocycles. The molecule has 0 aromatic heterocycles. The number of fused-ring (bicyclic) bond motifs is 2. The largest absolute Gasteiger partial charge is 0.590 e. The average molecular weight is 382 g/mol. The van der Waals surface area contributed by atoms with Gasteiger partial charge in [-0.05, 0) is 34.4 Å². The Morgan fingerprint density at radius 1 is 0.429 bits per heavy atom. The van der Waals surface area contributed by atoms with E-state index in [1.807, 2.05) is 24.3 Å². The molecule has 5 rings (SSSR count). The van der Waals surface area contributed by atoms with Crippen LogP contribution in [0.25, 0.3) is 22.3 Å². The zero-order valence-electron chi connectivity index (χ0n) is 14.2. The Hall–Kier alpha value is -2.74. The van der Waals surface area contributed by atoms with Gasteiger partial charge in [-0.25, -0.2) is 0 Å². The van der Waals surface area contributed by atoms with E-state index in [0.29, 0.717) is 0 Å². The molecule has 4 atom stereocenters. The van der Waals surface area contributed by atoms with Crippen molar-refractivity contribution >= 4 is 22.7 Å². The molecule has 4 N–H and O–H groups in total. The van der Waals surface area contributed by atoms with E-state index in [-0.39, 0.29) is 22.7 Å². The van der Waals surface area contributed by atoms with Gasteiger partial charge in [-0.15, -0.1) is 20.9 Å². The van der Waals surface area contributed by atoms with Crippen LogP contribution >= 0.6 is 0 Å². The van der Waals surface area contributed by atoms with E-state index in [0.717, 1.165) is 22.3 Å². The average Bonchev–Trinajstić information content (AvgIpc) is 3.16. The molecule has 2 aliphatic heterocycles. The molecule has 10 heteroatoms. The highest BCUT2D eigenvalue weighted by molar-refractivity contribution is 5.75. The van der Waals surface area contributed by atoms with E-state index in [1.54, 1.807) is 36.4 Å². The third kappa shape index (κ3) is 2.71. The predicted molar refractivity (Wildman–Crippen MR) is 95.4 cm³/mol. The van der Waals surface area contributed by atoms with Crippen LogP contribution in [-0.4, -0.2) is 0 Å². The predicted octanol–water partition coefficient (Wildman–Crippen LogP) is -1.20. The van der Waals surface area contributed by atoms with Gasteiger partial charge in [0.15, 0.2) is 0 Å². The molecule has 0 saturated heterocycles. The van der Waals surface area contributed by atoms with Crippen LogP contribution in [0.4, 0.5) is 22.7 Å². The van der Waals surface area contributed by atoms with Crippen LogP contribution < -0.4 is 20.9 Å². The van der Waals surface area contributed by atoms with Gasteiger partial charge in [0, 0.05) is 34.1 Å². The summed E-state index contributed by atoms with van der Waals surface area (Å²) in [5, 5.41) is 44.0. The van der Waals surface area contributed by atoms with Gasteiger partial charge >= 0.3 is 0 Å². The Labute approximate surface area is 158 Å². The fraction of sp³-hybridized carbons (Fsp3) is 0. The summed E-state index contributed by atoms with van der Waals surface area (Å²) < 4.78 is 0. The minimum Gasteiger partial charge on any atom is -0.590 e. The monoisotopic (exact) mass is 382 g/mol. The molecule has 0 spiro atoms. The fourth-order valence-electron chi connectivity index (χ4n) is 3.38. The van der Waals surface area contributed by atoms with Crippen molar-refractivity contribution in [2.75, 3.05) is 0 Å². The van der Waals surface area contributed by atoms with Crippen molar-refractivity contribution in [1.82, 2.24) is 0 Å². The molecule has 4 unspecified atom stereocenters. The summed E-state index contributed by atoms with van der Waals surface area (Å²) in [7, 11) is 0. The maximum absolute atomic E-state index is 11.7. The van der Waals surface area contributed by atoms with Crippen LogP contribution in [0.15, 0.2) is 60.7 Å². The van der Waals surface area contributed by atoms with E-state index in [4.69, 9.17) is 0 Å². The molecule has 142 valence electrons. The van der Waals surface area contributed by atoms with Crippen molar-refractivity contribution in [3.8, 4) is 22.3 Å². The number of hydrogen-bond donors (Lipinski definition) is 4. The number of rotatable bonds is 2. The first-order valence-electron chi connectivity index (χ1n) is 8.43. The van der Waals surface area contributed by atoms with E-state index >= 15 is 0 Å². The number of nitrogens with one attached hydrogen (secondary N) is 4. The first-order valence-corrected chi connectivity index (χ1v) is 8.43. The lowest BCUT2D eigenvalue weighted by Gasteiger charge is -2.10. The first kappa shape index (κ1) is 17.4. The lowest BCUT2D eigenvalue weighted by molar-refractivity contribution is -1.24. The van der Waals surface area contributed by atoms with E-state index < -0.39 is 20.9 Å². The van der Waals surface area contributed by atoms with Gasteiger partial charge < -0.3 is 20.8 Å². The van der Waals surface area contributed by atoms with E-state index in [2.05, 4.69) is 9.88 Å². The van der Waals surface area contributed by atoms with Gasteiger partial charge in [0.1, 0.15) is 0 Å². The Bertz CT molecular complexity index is 976. The van der Waals surface area contributed by atoms with Gasteiger partial charge in [0.25, 0.3) is 0 Å². The summed E-state index contributed by atoms with van der Waals surface area (Å²) in [6.45, 7) is 0. The van der Waals surface area contributed by atoms with Crippen molar-refractivity contribution in [3.05, 3.63) is 81.5 Å². The lowest BCUT2D eigenvalue weighted by atomic mass is 9.99. The lowest BCUT2D eigenvalue weighted by Crippen LogP contribution is -3.15. The minimum atomic E-state index is -0.641. The quantitative estimate of drug-likeness (QED) is 0.412. The Balaban J connectivity index is 1.46. The molecule has 0 fully saturated rings. The topological polar surface area (TPSA) is 128 Å². The Morgan fingerprint density at radius 3 is 1.14 bits per heavy atom. The highest BCUT2D eigenvalue weighted by Gasteiger charge is 2.31. The third-order valence-corrected chi connectivity index (χ3v) is 4.84. The maximum Gasteiger partial charge on any atom is 0.234 e. The second kappa shape index (κ2) is 6.41. The molecule has 3 aromatic carbocycles. The Kier molecular flexibility index (Phi) is 3.97. The number of quaternary nitrogens is 4. The second-order valence-corrected chi connectivity index (χ2v) is 6.45. The molecule has 28 heavy (non-hydrogen) atoms. The van der Waals surface area contributed by atoms with Gasteiger partial charge in [-0.3, -0.25) is 0 Å². The van der Waals surface area contributed by atoms with Gasteiger partial charge in [-0.1, -0.05) is 24.3 Å². The zero-order valence-corrected chi connectivity index (χ0v) is 14.2. The number of hydrogen-bond acceptors (Lipinski definition) is 6. The standard InChI is InChI=1S/C18H14N4O6/c23-19-15-7-5-13(9-17(15)21(25)27-19)11-1-2-12(4-3-11)14-6-8-16-18(10-14)22(26)28-20(16)24/h1-10,19-22H. The summed E-state index contributed by atoms with van der Waals surface area (Å²) in [6, 6.07) is 17.4. The molecule has 2 aliphatic rings. The molecule has 0 saturated carbocycles. The minimum absolute atomic E-state index is 0.258. The van der Waals surface area contributed by atoms with Crippen LogP contribution in [-0.2, 0) is 9.88 Å². The van der Waals surface area contributed by atoms with Crippen LogP contribution in [0.3, 0.4) is 0 Å². The fourth-order valence-corrected chi connectivity index (χ4v) is 3.38. The first-order chi connectivity index (χ1) is 13.5. The van der Waals surface area contributed by atoms with Crippen molar-refractivity contribution in [3.63, 3.8) is 0 Å². The summed E-state index contributed by atoms with van der Waals surface area (Å²) in [6.07, 6.45) is 0. The van der Waals surface area contributed by atoms with E-state index in [1.165, 1.54) is 0 Å². The summed E-state index contributed by atoms with van der Waals surface area (Å²) >= 11 is 0. The third-order valence-electron chi connectivity index (χ3n) is 4.84. The molecule has 10 nitrogen and oxygen atoms in total. The maximum atomic E-state index is 11.7. The zero-order chi connectivity index (χ0) is 19.4. The highest BCUT2D eigenvalue weighted by Crippen LogP contribution is 2.30. The molecule has 0 bridgehead atoms. The number of benzene rings is 3. The normalized spacial score (nSPS) is 25.6. The van der Waals surface area contributed by atoms with Crippen molar-refractivity contribution in [2.24, 2.45) is 0 Å². The van der Waals surface area contributed by atoms with Gasteiger partial charge in [0.05, 0.1) is 0 Å². The highest BCUT2D eigenvalue weighted by atomic mass is 17.1. The molecular weight excluding hydrogens is 368 g/mol. The SMILES string of the molecule is [O-][NH+]1O[NH+]([O-])c2cc(-c3ccc(-c4ccc5c(c4)[NH+]([O-])O[NH+]5[O-])cc3)ccc21. The second-order valence-electron chi connectivity index (χ2n) is 6.45. The summed E-state index contributed by atoms with van der Waals surface area (Å²) in [5.41, 5.74) is 4.32. The van der Waals surface area contributed by atoms with Crippen molar-refractivity contribution < 1.29 is 30.8 Å². The van der Waals surface area contributed by atoms with Crippen LogP contribution in [0.5, 0.6) is 0 Å². The Morgan fingerprint density at radius 2 is 0.750 bits per heavy atom. The summed E-state index contributed by atoms with van der Waals surface area (Å²) in [5.74, 6) is 0. The van der Waals surface area contributed by atoms with Crippen LogP contribution in [0.1, 0.15) is 0 Å². The summed E-state index contributed by atoms with van der Waals surface area (Å²) in [4.78, 5) is 9.23. The van der Waals surface area contributed by atoms with Gasteiger partial charge in [-0.2, -0.15) is 0 Å². The van der Waals surface area contributed by atoms with E-state index in [9.17, 15) is 20.8 Å². The molecular formula is C18H14N4O6.